The highest BCUT2D eigenvalue weighted by Gasteiger charge is 2.21. The second-order valence-electron chi connectivity index (χ2n) is 5.66. The summed E-state index contributed by atoms with van der Waals surface area (Å²) in [6, 6.07) is 16.5. The van der Waals surface area contributed by atoms with Crippen LogP contribution in [0.2, 0.25) is 0 Å². The van der Waals surface area contributed by atoms with E-state index in [1.165, 1.54) is 16.8 Å². The van der Waals surface area contributed by atoms with E-state index in [1.54, 1.807) is 6.20 Å². The Morgan fingerprint density at radius 3 is 2.91 bits per heavy atom. The van der Waals surface area contributed by atoms with E-state index in [9.17, 15) is 0 Å². The molecular formula is C18H17N5. The van der Waals surface area contributed by atoms with Gasteiger partial charge in [0.05, 0.1) is 6.20 Å². The minimum atomic E-state index is 0.512. The number of anilines is 4. The first kappa shape index (κ1) is 13.7. The number of nitrogens with one attached hydrogen (secondary N) is 1. The van der Waals surface area contributed by atoms with Crippen molar-refractivity contribution in [1.29, 1.82) is 0 Å². The number of benzene rings is 2. The van der Waals surface area contributed by atoms with Crippen LogP contribution in [0, 0.1) is 6.92 Å². The van der Waals surface area contributed by atoms with Crippen LogP contribution in [-0.4, -0.2) is 21.7 Å². The predicted octanol–water partition coefficient (Wildman–Crippen LogP) is 3.62. The highest BCUT2D eigenvalue weighted by atomic mass is 15.3. The third-order valence-electron chi connectivity index (χ3n) is 3.98. The lowest BCUT2D eigenvalue weighted by Gasteiger charge is -2.18. The first-order valence-corrected chi connectivity index (χ1v) is 7.68. The summed E-state index contributed by atoms with van der Waals surface area (Å²) in [6.45, 7) is 2.98. The second-order valence-corrected chi connectivity index (χ2v) is 5.66. The summed E-state index contributed by atoms with van der Waals surface area (Å²) in [4.78, 5) is 6.81. The number of fused-ring (bicyclic) bond motifs is 1. The van der Waals surface area contributed by atoms with Crippen molar-refractivity contribution in [2.45, 2.75) is 13.3 Å². The Balaban J connectivity index is 1.62. The Bertz CT molecular complexity index is 846. The van der Waals surface area contributed by atoms with Crippen LogP contribution in [0.1, 0.15) is 11.1 Å². The lowest BCUT2D eigenvalue weighted by atomic mass is 10.2. The molecule has 0 spiro atoms. The van der Waals surface area contributed by atoms with Gasteiger partial charge in [-0.1, -0.05) is 30.3 Å². The Kier molecular flexibility index (Phi) is 3.38. The number of para-hydroxylation sites is 1. The van der Waals surface area contributed by atoms with Crippen LogP contribution in [0.15, 0.2) is 54.7 Å². The lowest BCUT2D eigenvalue weighted by Crippen LogP contribution is -2.16. The average Bonchev–Trinajstić information content (AvgIpc) is 2.99. The molecule has 1 aromatic heterocycles. The monoisotopic (exact) mass is 303 g/mol. The van der Waals surface area contributed by atoms with Gasteiger partial charge in [0, 0.05) is 17.9 Å². The second kappa shape index (κ2) is 5.68. The van der Waals surface area contributed by atoms with E-state index < -0.39 is 0 Å². The number of nitrogens with zero attached hydrogens (tertiary/aromatic N) is 4. The SMILES string of the molecule is Cc1cccc(Nc2nncc(N3CCc4ccccc43)n2)c1. The molecule has 2 aromatic carbocycles. The van der Waals surface area contributed by atoms with Gasteiger partial charge in [-0.05, 0) is 42.7 Å². The van der Waals surface area contributed by atoms with Gasteiger partial charge in [0.15, 0.2) is 5.82 Å². The first-order chi connectivity index (χ1) is 11.3. The van der Waals surface area contributed by atoms with E-state index in [2.05, 4.69) is 68.7 Å². The van der Waals surface area contributed by atoms with Crippen LogP contribution in [-0.2, 0) is 6.42 Å². The Morgan fingerprint density at radius 1 is 1.09 bits per heavy atom. The molecule has 0 saturated carbocycles. The molecule has 1 aliphatic heterocycles. The van der Waals surface area contributed by atoms with E-state index in [0.717, 1.165) is 24.5 Å². The molecule has 114 valence electrons. The Labute approximate surface area is 135 Å². The molecule has 23 heavy (non-hydrogen) atoms. The maximum atomic E-state index is 4.62. The molecule has 1 N–H and O–H groups in total. The van der Waals surface area contributed by atoms with Gasteiger partial charge in [-0.25, -0.2) is 0 Å². The van der Waals surface area contributed by atoms with Gasteiger partial charge in [-0.3, -0.25) is 0 Å². The van der Waals surface area contributed by atoms with E-state index in [0.29, 0.717) is 5.95 Å². The van der Waals surface area contributed by atoms with Gasteiger partial charge in [0.1, 0.15) is 0 Å². The smallest absolute Gasteiger partial charge is 0.249 e. The molecule has 0 saturated heterocycles. The van der Waals surface area contributed by atoms with Gasteiger partial charge in [0.25, 0.3) is 0 Å². The summed E-state index contributed by atoms with van der Waals surface area (Å²) in [5, 5.41) is 11.4. The molecule has 0 amide bonds. The quantitative estimate of drug-likeness (QED) is 0.801. The molecule has 0 atom stereocenters. The Hall–Kier alpha value is -2.95. The Morgan fingerprint density at radius 2 is 2.00 bits per heavy atom. The maximum Gasteiger partial charge on any atom is 0.249 e. The van der Waals surface area contributed by atoms with Crippen LogP contribution in [0.25, 0.3) is 0 Å². The maximum absolute atomic E-state index is 4.62. The molecule has 0 unspecified atom stereocenters. The minimum absolute atomic E-state index is 0.512. The summed E-state index contributed by atoms with van der Waals surface area (Å²) in [5.41, 5.74) is 4.70. The van der Waals surface area contributed by atoms with E-state index in [4.69, 9.17) is 0 Å². The van der Waals surface area contributed by atoms with Gasteiger partial charge >= 0.3 is 0 Å². The molecule has 1 aliphatic rings. The molecule has 3 aromatic rings. The van der Waals surface area contributed by atoms with E-state index >= 15 is 0 Å². The predicted molar refractivity (Wildman–Crippen MR) is 91.4 cm³/mol. The fourth-order valence-electron chi connectivity index (χ4n) is 2.91. The van der Waals surface area contributed by atoms with Crippen LogP contribution in [0.4, 0.5) is 23.1 Å². The average molecular weight is 303 g/mol. The van der Waals surface area contributed by atoms with Gasteiger partial charge < -0.3 is 10.2 Å². The van der Waals surface area contributed by atoms with Gasteiger partial charge in [0.2, 0.25) is 5.95 Å². The van der Waals surface area contributed by atoms with Crippen molar-refractivity contribution in [3.8, 4) is 0 Å². The van der Waals surface area contributed by atoms with Crippen LogP contribution >= 0.6 is 0 Å². The highest BCUT2D eigenvalue weighted by Crippen LogP contribution is 2.33. The number of aryl methyl sites for hydroxylation is 1. The first-order valence-electron chi connectivity index (χ1n) is 7.68. The minimum Gasteiger partial charge on any atom is -0.324 e. The number of aromatic nitrogens is 3. The van der Waals surface area contributed by atoms with Crippen molar-refractivity contribution in [2.75, 3.05) is 16.8 Å². The summed E-state index contributed by atoms with van der Waals surface area (Å²) >= 11 is 0. The number of hydrogen-bond acceptors (Lipinski definition) is 5. The standard InChI is InChI=1S/C18H17N5/c1-13-5-4-7-15(11-13)20-18-21-17(12-19-22-18)23-10-9-14-6-2-3-8-16(14)23/h2-8,11-12H,9-10H2,1H3,(H,20,21,22). The zero-order valence-corrected chi connectivity index (χ0v) is 12.9. The topological polar surface area (TPSA) is 53.9 Å². The molecular weight excluding hydrogens is 286 g/mol. The summed E-state index contributed by atoms with van der Waals surface area (Å²) in [7, 11) is 0. The van der Waals surface area contributed by atoms with E-state index in [1.807, 2.05) is 12.1 Å². The molecule has 0 aliphatic carbocycles. The van der Waals surface area contributed by atoms with Crippen molar-refractivity contribution >= 4 is 23.1 Å². The van der Waals surface area contributed by atoms with Gasteiger partial charge in [-0.2, -0.15) is 10.1 Å². The lowest BCUT2D eigenvalue weighted by molar-refractivity contribution is 0.920. The zero-order valence-electron chi connectivity index (χ0n) is 12.9. The van der Waals surface area contributed by atoms with Gasteiger partial charge in [-0.15, -0.1) is 5.10 Å². The fraction of sp³-hybridized carbons (Fsp3) is 0.167. The third kappa shape index (κ3) is 2.73. The summed E-state index contributed by atoms with van der Waals surface area (Å²) in [5.74, 6) is 1.33. The summed E-state index contributed by atoms with van der Waals surface area (Å²) in [6.07, 6.45) is 2.74. The largest absolute Gasteiger partial charge is 0.324 e. The van der Waals surface area contributed by atoms with Crippen molar-refractivity contribution in [1.82, 2.24) is 15.2 Å². The molecule has 4 rings (SSSR count). The molecule has 0 radical (unpaired) electrons. The molecule has 0 bridgehead atoms. The fourth-order valence-corrected chi connectivity index (χ4v) is 2.91. The van der Waals surface area contributed by atoms with Crippen molar-refractivity contribution in [3.63, 3.8) is 0 Å². The molecule has 5 nitrogen and oxygen atoms in total. The number of rotatable bonds is 3. The molecule has 2 heterocycles. The highest BCUT2D eigenvalue weighted by molar-refractivity contribution is 5.67. The van der Waals surface area contributed by atoms with Crippen molar-refractivity contribution < 1.29 is 0 Å². The van der Waals surface area contributed by atoms with E-state index in [-0.39, 0.29) is 0 Å². The molecule has 0 fully saturated rings. The van der Waals surface area contributed by atoms with Crippen molar-refractivity contribution in [2.24, 2.45) is 0 Å². The van der Waals surface area contributed by atoms with Crippen LogP contribution in [0.3, 0.4) is 0 Å². The zero-order chi connectivity index (χ0) is 15.6. The number of hydrogen-bond donors (Lipinski definition) is 1. The van der Waals surface area contributed by atoms with Crippen molar-refractivity contribution in [3.05, 3.63) is 65.9 Å². The third-order valence-corrected chi connectivity index (χ3v) is 3.98. The van der Waals surface area contributed by atoms with Crippen LogP contribution < -0.4 is 10.2 Å². The molecule has 5 heteroatoms. The van der Waals surface area contributed by atoms with Crippen LogP contribution in [0.5, 0.6) is 0 Å². The summed E-state index contributed by atoms with van der Waals surface area (Å²) < 4.78 is 0. The normalized spacial score (nSPS) is 13.0.